The number of ether oxygens (including phenoxy) is 2. The SMILES string of the molecule is CC(C)Oc1cccc(/C(O)=C2/C(=O)C(=O)N(CC3CCCO3)C2c2cccs2)c1. The smallest absolute Gasteiger partial charge is 0.295 e. The van der Waals surface area contributed by atoms with E-state index in [0.29, 0.717) is 24.5 Å². The molecule has 1 aromatic heterocycles. The first-order valence-electron chi connectivity index (χ1n) is 10.2. The van der Waals surface area contributed by atoms with Crippen LogP contribution in [0.4, 0.5) is 0 Å². The summed E-state index contributed by atoms with van der Waals surface area (Å²) < 4.78 is 11.4. The summed E-state index contributed by atoms with van der Waals surface area (Å²) in [5.41, 5.74) is 0.562. The van der Waals surface area contributed by atoms with Crippen molar-refractivity contribution in [3.8, 4) is 5.75 Å². The highest BCUT2D eigenvalue weighted by molar-refractivity contribution is 7.10. The number of aliphatic hydroxyl groups is 1. The maximum absolute atomic E-state index is 13.0. The number of rotatable bonds is 6. The number of benzene rings is 1. The van der Waals surface area contributed by atoms with Crippen LogP contribution >= 0.6 is 11.3 Å². The molecular weight excluding hydrogens is 402 g/mol. The number of carbonyl (C=O) groups is 2. The Morgan fingerprint density at radius 1 is 1.30 bits per heavy atom. The molecule has 0 saturated carbocycles. The number of thiophene rings is 1. The Morgan fingerprint density at radius 3 is 2.80 bits per heavy atom. The van der Waals surface area contributed by atoms with Crippen molar-refractivity contribution in [3.05, 3.63) is 57.8 Å². The summed E-state index contributed by atoms with van der Waals surface area (Å²) in [7, 11) is 0. The summed E-state index contributed by atoms with van der Waals surface area (Å²) in [6.45, 7) is 4.83. The topological polar surface area (TPSA) is 76.1 Å². The summed E-state index contributed by atoms with van der Waals surface area (Å²) >= 11 is 1.46. The first-order chi connectivity index (χ1) is 14.5. The second-order valence-electron chi connectivity index (χ2n) is 7.80. The molecular formula is C23H25NO5S. The van der Waals surface area contributed by atoms with Gasteiger partial charge in [-0.25, -0.2) is 0 Å². The summed E-state index contributed by atoms with van der Waals surface area (Å²) in [6, 6.07) is 10.1. The first kappa shape index (κ1) is 20.6. The quantitative estimate of drug-likeness (QED) is 0.426. The number of carbonyl (C=O) groups excluding carboxylic acids is 2. The van der Waals surface area contributed by atoms with Crippen LogP contribution in [-0.4, -0.2) is 47.1 Å². The van der Waals surface area contributed by atoms with Crippen LogP contribution in [0.15, 0.2) is 47.4 Å². The van der Waals surface area contributed by atoms with Crippen LogP contribution in [0.2, 0.25) is 0 Å². The molecule has 2 saturated heterocycles. The third kappa shape index (κ3) is 4.00. The Balaban J connectivity index is 1.76. The number of Topliss-reactive ketones (excluding diaryl/α,β-unsaturated/α-hetero) is 1. The minimum Gasteiger partial charge on any atom is -0.507 e. The van der Waals surface area contributed by atoms with Gasteiger partial charge >= 0.3 is 0 Å². The normalized spacial score (nSPS) is 23.5. The van der Waals surface area contributed by atoms with Crippen LogP contribution < -0.4 is 4.74 Å². The molecule has 2 aromatic rings. The van der Waals surface area contributed by atoms with Crippen molar-refractivity contribution < 1.29 is 24.2 Å². The molecule has 6 nitrogen and oxygen atoms in total. The van der Waals surface area contributed by atoms with E-state index in [1.807, 2.05) is 31.4 Å². The molecule has 1 aromatic carbocycles. The average molecular weight is 428 g/mol. The molecule has 2 unspecified atom stereocenters. The fourth-order valence-electron chi connectivity index (χ4n) is 3.96. The molecule has 2 atom stereocenters. The van der Waals surface area contributed by atoms with Gasteiger partial charge in [-0.05, 0) is 50.3 Å². The predicted molar refractivity (Wildman–Crippen MR) is 115 cm³/mol. The fraction of sp³-hybridized carbons (Fsp3) is 0.391. The molecule has 1 N–H and O–H groups in total. The summed E-state index contributed by atoms with van der Waals surface area (Å²) in [4.78, 5) is 28.3. The zero-order valence-electron chi connectivity index (χ0n) is 17.0. The third-order valence-electron chi connectivity index (χ3n) is 5.26. The zero-order valence-corrected chi connectivity index (χ0v) is 17.9. The number of amides is 1. The molecule has 3 heterocycles. The van der Waals surface area contributed by atoms with Gasteiger partial charge in [0.15, 0.2) is 0 Å². The van der Waals surface area contributed by atoms with Crippen LogP contribution in [-0.2, 0) is 14.3 Å². The zero-order chi connectivity index (χ0) is 21.3. The van der Waals surface area contributed by atoms with Gasteiger partial charge in [-0.3, -0.25) is 9.59 Å². The monoisotopic (exact) mass is 427 g/mol. The lowest BCUT2D eigenvalue weighted by atomic mass is 9.99. The highest BCUT2D eigenvalue weighted by Gasteiger charge is 2.47. The number of ketones is 1. The van der Waals surface area contributed by atoms with E-state index in [4.69, 9.17) is 9.47 Å². The maximum Gasteiger partial charge on any atom is 0.295 e. The number of likely N-dealkylation sites (tertiary alicyclic amines) is 1. The lowest BCUT2D eigenvalue weighted by Crippen LogP contribution is -2.36. The molecule has 2 aliphatic heterocycles. The number of hydrogen-bond acceptors (Lipinski definition) is 6. The van der Waals surface area contributed by atoms with Gasteiger partial charge < -0.3 is 19.5 Å². The molecule has 0 radical (unpaired) electrons. The van der Waals surface area contributed by atoms with Crippen molar-refractivity contribution >= 4 is 28.8 Å². The predicted octanol–water partition coefficient (Wildman–Crippen LogP) is 4.14. The molecule has 2 aliphatic rings. The highest BCUT2D eigenvalue weighted by Crippen LogP contribution is 2.41. The second-order valence-corrected chi connectivity index (χ2v) is 8.78. The van der Waals surface area contributed by atoms with Crippen molar-refractivity contribution in [1.29, 1.82) is 0 Å². The van der Waals surface area contributed by atoms with Crippen molar-refractivity contribution in [2.24, 2.45) is 0 Å². The van der Waals surface area contributed by atoms with Gasteiger partial charge in [0.1, 0.15) is 11.5 Å². The average Bonchev–Trinajstić information content (AvgIpc) is 3.46. The molecule has 2 fully saturated rings. The van der Waals surface area contributed by atoms with Gasteiger partial charge in [0.25, 0.3) is 11.7 Å². The van der Waals surface area contributed by atoms with Crippen LogP contribution in [0.25, 0.3) is 5.76 Å². The minimum absolute atomic E-state index is 0.0227. The van der Waals surface area contributed by atoms with Gasteiger partial charge in [0.05, 0.1) is 23.8 Å². The first-order valence-corrected chi connectivity index (χ1v) is 11.0. The number of nitrogens with zero attached hydrogens (tertiary/aromatic N) is 1. The molecule has 158 valence electrons. The van der Waals surface area contributed by atoms with Crippen LogP contribution in [0.3, 0.4) is 0 Å². The van der Waals surface area contributed by atoms with Crippen LogP contribution in [0.5, 0.6) is 5.75 Å². The number of hydrogen-bond donors (Lipinski definition) is 1. The molecule has 4 rings (SSSR count). The largest absolute Gasteiger partial charge is 0.507 e. The van der Waals surface area contributed by atoms with Crippen molar-refractivity contribution in [1.82, 2.24) is 4.90 Å². The maximum atomic E-state index is 13.0. The Labute approximate surface area is 179 Å². The van der Waals surface area contributed by atoms with Gasteiger partial charge in [-0.2, -0.15) is 0 Å². The van der Waals surface area contributed by atoms with Crippen molar-refractivity contribution in [2.45, 2.75) is 44.9 Å². The van der Waals surface area contributed by atoms with E-state index in [9.17, 15) is 14.7 Å². The molecule has 7 heteroatoms. The molecule has 0 aliphatic carbocycles. The molecule has 0 bridgehead atoms. The molecule has 1 amide bonds. The summed E-state index contributed by atoms with van der Waals surface area (Å²) in [5.74, 6) is -0.856. The van der Waals surface area contributed by atoms with E-state index in [0.717, 1.165) is 17.7 Å². The second kappa shape index (κ2) is 8.62. The Bertz CT molecular complexity index is 960. The van der Waals surface area contributed by atoms with E-state index >= 15 is 0 Å². The van der Waals surface area contributed by atoms with E-state index in [1.165, 1.54) is 11.3 Å². The standard InChI is InChI=1S/C23H25NO5S/c1-14(2)29-16-7-3-6-15(12-16)21(25)19-20(18-9-5-11-30-18)24(23(27)22(19)26)13-17-8-4-10-28-17/h3,5-7,9,11-12,14,17,20,25H,4,8,10,13H2,1-2H3/b21-19-. The van der Waals surface area contributed by atoms with E-state index in [1.54, 1.807) is 29.2 Å². The highest BCUT2D eigenvalue weighted by atomic mass is 32.1. The Morgan fingerprint density at radius 2 is 2.13 bits per heavy atom. The van der Waals surface area contributed by atoms with Crippen molar-refractivity contribution in [3.63, 3.8) is 0 Å². The van der Waals surface area contributed by atoms with E-state index in [-0.39, 0.29) is 23.5 Å². The number of aliphatic hydroxyl groups excluding tert-OH is 1. The van der Waals surface area contributed by atoms with Crippen LogP contribution in [0.1, 0.15) is 43.2 Å². The lowest BCUT2D eigenvalue weighted by molar-refractivity contribution is -0.140. The lowest BCUT2D eigenvalue weighted by Gasteiger charge is -2.26. The minimum atomic E-state index is -0.668. The van der Waals surface area contributed by atoms with Crippen LogP contribution in [0, 0.1) is 0 Å². The fourth-order valence-corrected chi connectivity index (χ4v) is 4.81. The Kier molecular flexibility index (Phi) is 5.92. The van der Waals surface area contributed by atoms with Gasteiger partial charge in [0.2, 0.25) is 0 Å². The third-order valence-corrected chi connectivity index (χ3v) is 6.18. The van der Waals surface area contributed by atoms with Gasteiger partial charge in [-0.1, -0.05) is 18.2 Å². The summed E-state index contributed by atoms with van der Waals surface area (Å²) in [5, 5.41) is 13.0. The van der Waals surface area contributed by atoms with E-state index in [2.05, 4.69) is 0 Å². The summed E-state index contributed by atoms with van der Waals surface area (Å²) in [6.07, 6.45) is 1.69. The van der Waals surface area contributed by atoms with E-state index < -0.39 is 17.7 Å². The van der Waals surface area contributed by atoms with Gasteiger partial charge in [-0.15, -0.1) is 11.3 Å². The van der Waals surface area contributed by atoms with Gasteiger partial charge in [0, 0.05) is 23.6 Å². The molecule has 0 spiro atoms. The molecule has 30 heavy (non-hydrogen) atoms. The Hall–Kier alpha value is -2.64. The van der Waals surface area contributed by atoms with Crippen molar-refractivity contribution in [2.75, 3.05) is 13.2 Å².